The van der Waals surface area contributed by atoms with Crippen LogP contribution in [0.25, 0.3) is 22.5 Å². The highest BCUT2D eigenvalue weighted by Crippen LogP contribution is 2.31. The lowest BCUT2D eigenvalue weighted by atomic mass is 10.1. The molecule has 4 aromatic rings. The Bertz CT molecular complexity index is 1530. The van der Waals surface area contributed by atoms with Gasteiger partial charge in [-0.25, -0.2) is 18.3 Å². The Morgan fingerprint density at radius 3 is 2.54 bits per heavy atom. The molecule has 0 unspecified atom stereocenters. The van der Waals surface area contributed by atoms with Gasteiger partial charge < -0.3 is 10.1 Å². The quantitative estimate of drug-likeness (QED) is 0.352. The van der Waals surface area contributed by atoms with Crippen LogP contribution < -0.4 is 10.6 Å². The molecule has 0 aliphatic carbocycles. The Hall–Kier alpha value is -4.35. The van der Waals surface area contributed by atoms with Gasteiger partial charge in [-0.05, 0) is 42.3 Å². The number of para-hydroxylation sites is 1. The average Bonchev–Trinajstić information content (AvgIpc) is 3.62. The lowest BCUT2D eigenvalue weighted by Crippen LogP contribution is -2.33. The number of hydrogen-bond acceptors (Lipinski definition) is 5. The number of benzene rings is 2. The highest BCUT2D eigenvalue weighted by Gasteiger charge is 2.26. The number of carbonyl (C=O) groups excluding carboxylic acids is 1. The maximum absolute atomic E-state index is 14.1. The van der Waals surface area contributed by atoms with Crippen molar-refractivity contribution in [2.75, 3.05) is 38.7 Å². The minimum absolute atomic E-state index is 0.420. The predicted molar refractivity (Wildman–Crippen MR) is 144 cm³/mol. The fourth-order valence-electron chi connectivity index (χ4n) is 4.63. The number of hydrogen-bond donors (Lipinski definition) is 2. The van der Waals surface area contributed by atoms with Crippen molar-refractivity contribution in [1.29, 1.82) is 0 Å². The molecule has 0 fully saturated rings. The van der Waals surface area contributed by atoms with Crippen LogP contribution in [0.2, 0.25) is 0 Å². The van der Waals surface area contributed by atoms with Gasteiger partial charge in [0.25, 0.3) is 0 Å². The summed E-state index contributed by atoms with van der Waals surface area (Å²) in [6.45, 7) is 3.87. The van der Waals surface area contributed by atoms with Crippen LogP contribution in [0.4, 0.5) is 19.4 Å². The van der Waals surface area contributed by atoms with E-state index in [-0.39, 0.29) is 0 Å². The van der Waals surface area contributed by atoms with Crippen LogP contribution in [-0.2, 0) is 11.8 Å². The van der Waals surface area contributed by atoms with Crippen molar-refractivity contribution in [3.8, 4) is 16.9 Å². The van der Waals surface area contributed by atoms with Crippen LogP contribution in [0.5, 0.6) is 0 Å². The van der Waals surface area contributed by atoms with E-state index in [1.54, 1.807) is 22.7 Å². The van der Waals surface area contributed by atoms with Crippen LogP contribution in [0.1, 0.15) is 11.1 Å². The van der Waals surface area contributed by atoms with Crippen molar-refractivity contribution >= 4 is 17.4 Å². The highest BCUT2D eigenvalue weighted by atomic mass is 19.2. The van der Waals surface area contributed by atoms with E-state index in [0.29, 0.717) is 54.6 Å². The molecular formula is C28H29F2N7O2. The van der Waals surface area contributed by atoms with Crippen molar-refractivity contribution in [2.45, 2.75) is 6.92 Å². The molecular weight excluding hydrogens is 504 g/mol. The van der Waals surface area contributed by atoms with Gasteiger partial charge in [0.05, 0.1) is 18.5 Å². The molecule has 0 saturated heterocycles. The molecule has 9 nitrogen and oxygen atoms in total. The summed E-state index contributed by atoms with van der Waals surface area (Å²) in [6, 6.07) is 12.8. The van der Waals surface area contributed by atoms with Crippen LogP contribution in [0.15, 0.2) is 66.6 Å². The second kappa shape index (κ2) is 11.2. The summed E-state index contributed by atoms with van der Waals surface area (Å²) in [5.74, 6) is -1.36. The number of aromatic nitrogens is 4. The molecule has 0 radical (unpaired) electrons. The molecule has 2 N–H and O–H groups in total. The molecule has 5 rings (SSSR count). The molecule has 0 spiro atoms. The number of methoxy groups -OCH3 is 1. The number of nitrogens with zero attached hydrogens (tertiary/aromatic N) is 5. The molecule has 0 saturated carbocycles. The van der Waals surface area contributed by atoms with Crippen molar-refractivity contribution in [2.24, 2.45) is 7.05 Å². The fraction of sp³-hybridized carbons (Fsp3) is 0.250. The molecule has 0 atom stereocenters. The summed E-state index contributed by atoms with van der Waals surface area (Å²) in [6.07, 6.45) is 3.58. The standard InChI is InChI=1S/C28H29F2N7O2/c1-18-26(20-14-31-35(2)15-20)34-37(21-7-5-4-6-8-21)27(18)33-28(38)32-25-17-36(11-12-39-3)16-22(25)19-9-10-23(29)24(30)13-19/h4-10,13-15H,11-12,16-17H2,1-3H3,(H2,32,33,38). The van der Waals surface area contributed by atoms with E-state index in [9.17, 15) is 13.6 Å². The maximum Gasteiger partial charge on any atom is 0.324 e. The van der Waals surface area contributed by atoms with Gasteiger partial charge in [-0.2, -0.15) is 10.2 Å². The number of halogens is 2. The third-order valence-electron chi connectivity index (χ3n) is 6.61. The summed E-state index contributed by atoms with van der Waals surface area (Å²) >= 11 is 0. The topological polar surface area (TPSA) is 89.2 Å². The Balaban J connectivity index is 1.46. The van der Waals surface area contributed by atoms with Crippen LogP contribution in [-0.4, -0.2) is 63.8 Å². The summed E-state index contributed by atoms with van der Waals surface area (Å²) in [5, 5.41) is 14.9. The number of nitrogens with one attached hydrogen (secondary N) is 2. The zero-order chi connectivity index (χ0) is 27.5. The molecule has 2 amide bonds. The summed E-state index contributed by atoms with van der Waals surface area (Å²) < 4.78 is 36.2. The number of urea groups is 1. The first-order chi connectivity index (χ1) is 18.8. The van der Waals surface area contributed by atoms with Gasteiger partial charge in [0, 0.05) is 56.8 Å². The van der Waals surface area contributed by atoms with E-state index in [1.165, 1.54) is 6.07 Å². The van der Waals surface area contributed by atoms with Crippen molar-refractivity contribution in [3.63, 3.8) is 0 Å². The molecule has 0 bridgehead atoms. The van der Waals surface area contributed by atoms with Gasteiger partial charge in [0.15, 0.2) is 11.6 Å². The van der Waals surface area contributed by atoms with Crippen LogP contribution >= 0.6 is 0 Å². The Labute approximate surface area is 224 Å². The van der Waals surface area contributed by atoms with Gasteiger partial charge >= 0.3 is 6.03 Å². The monoisotopic (exact) mass is 533 g/mol. The number of rotatable bonds is 8. The summed E-state index contributed by atoms with van der Waals surface area (Å²) in [5.41, 5.74) is 4.88. The first-order valence-corrected chi connectivity index (χ1v) is 12.4. The van der Waals surface area contributed by atoms with Gasteiger partial charge in [-0.15, -0.1) is 0 Å². The number of ether oxygens (including phenoxy) is 1. The molecule has 11 heteroatoms. The Morgan fingerprint density at radius 1 is 1.05 bits per heavy atom. The molecule has 1 aliphatic rings. The van der Waals surface area contributed by atoms with Gasteiger partial charge in [0.1, 0.15) is 11.5 Å². The Morgan fingerprint density at radius 2 is 1.85 bits per heavy atom. The Kier molecular flexibility index (Phi) is 7.53. The lowest BCUT2D eigenvalue weighted by Gasteiger charge is -2.15. The number of amides is 2. The summed E-state index contributed by atoms with van der Waals surface area (Å²) in [4.78, 5) is 15.4. The molecule has 1 aliphatic heterocycles. The number of anilines is 1. The molecule has 202 valence electrons. The van der Waals surface area contributed by atoms with Gasteiger partial charge in [-0.1, -0.05) is 24.3 Å². The average molecular weight is 534 g/mol. The highest BCUT2D eigenvalue weighted by molar-refractivity contribution is 5.93. The summed E-state index contributed by atoms with van der Waals surface area (Å²) in [7, 11) is 3.44. The van der Waals surface area contributed by atoms with E-state index in [1.807, 2.05) is 50.5 Å². The van der Waals surface area contributed by atoms with Crippen LogP contribution in [0, 0.1) is 18.6 Å². The number of carbonyl (C=O) groups is 1. The minimum atomic E-state index is -0.940. The van der Waals surface area contributed by atoms with Crippen molar-refractivity contribution in [1.82, 2.24) is 29.8 Å². The van der Waals surface area contributed by atoms with E-state index in [4.69, 9.17) is 9.84 Å². The lowest BCUT2D eigenvalue weighted by molar-refractivity contribution is 0.162. The second-order valence-electron chi connectivity index (χ2n) is 9.34. The SMILES string of the molecule is COCCN1CC(NC(=O)Nc2c(C)c(-c3cnn(C)c3)nn2-c2ccccc2)=C(c2ccc(F)c(F)c2)C1. The van der Waals surface area contributed by atoms with Gasteiger partial charge in [0.2, 0.25) is 0 Å². The molecule has 3 heterocycles. The first kappa shape index (κ1) is 26.3. The largest absolute Gasteiger partial charge is 0.383 e. The fourth-order valence-corrected chi connectivity index (χ4v) is 4.63. The van der Waals surface area contributed by atoms with Crippen molar-refractivity contribution < 1.29 is 18.3 Å². The van der Waals surface area contributed by atoms with E-state index in [0.717, 1.165) is 28.9 Å². The second-order valence-corrected chi connectivity index (χ2v) is 9.34. The van der Waals surface area contributed by atoms with Gasteiger partial charge in [-0.3, -0.25) is 14.9 Å². The zero-order valence-electron chi connectivity index (χ0n) is 21.9. The third-order valence-corrected chi connectivity index (χ3v) is 6.61. The zero-order valence-corrected chi connectivity index (χ0v) is 21.9. The smallest absolute Gasteiger partial charge is 0.324 e. The molecule has 2 aromatic carbocycles. The van der Waals surface area contributed by atoms with E-state index < -0.39 is 17.7 Å². The molecule has 2 aromatic heterocycles. The predicted octanol–water partition coefficient (Wildman–Crippen LogP) is 4.35. The minimum Gasteiger partial charge on any atom is -0.383 e. The number of aryl methyl sites for hydroxylation is 1. The van der Waals surface area contributed by atoms with Crippen LogP contribution in [0.3, 0.4) is 0 Å². The third kappa shape index (κ3) is 5.59. The normalized spacial score (nSPS) is 13.8. The first-order valence-electron chi connectivity index (χ1n) is 12.4. The van der Waals surface area contributed by atoms with Crippen molar-refractivity contribution in [3.05, 3.63) is 89.4 Å². The van der Waals surface area contributed by atoms with E-state index >= 15 is 0 Å². The molecule has 39 heavy (non-hydrogen) atoms. The van der Waals surface area contributed by atoms with E-state index in [2.05, 4.69) is 20.6 Å². The maximum atomic E-state index is 14.1.